The fraction of sp³-hybridized carbons (Fsp3) is 0.927. The van der Waals surface area contributed by atoms with Crippen LogP contribution in [-0.4, -0.2) is 34.9 Å². The highest BCUT2D eigenvalue weighted by atomic mass is 16.3. The van der Waals surface area contributed by atoms with Gasteiger partial charge in [-0.25, -0.2) is 0 Å². The van der Waals surface area contributed by atoms with Crippen molar-refractivity contribution in [2.24, 2.45) is 0 Å². The van der Waals surface area contributed by atoms with Gasteiger partial charge in [0.05, 0.1) is 18.8 Å². The molecule has 45 heavy (non-hydrogen) atoms. The number of rotatable bonds is 37. The van der Waals surface area contributed by atoms with Gasteiger partial charge >= 0.3 is 0 Å². The summed E-state index contributed by atoms with van der Waals surface area (Å²) in [5.74, 6) is -0.0657. The Morgan fingerprint density at radius 2 is 0.822 bits per heavy atom. The Morgan fingerprint density at radius 1 is 0.511 bits per heavy atom. The topological polar surface area (TPSA) is 69.6 Å². The third-order valence-electron chi connectivity index (χ3n) is 9.52. The summed E-state index contributed by atoms with van der Waals surface area (Å²) in [6, 6.07) is -0.614. The third-order valence-corrected chi connectivity index (χ3v) is 9.52. The van der Waals surface area contributed by atoms with Crippen molar-refractivity contribution in [3.05, 3.63) is 12.2 Å². The van der Waals surface area contributed by atoms with Gasteiger partial charge < -0.3 is 15.5 Å². The number of carbonyl (C=O) groups excluding carboxylic acids is 1. The highest BCUT2D eigenvalue weighted by molar-refractivity contribution is 5.76. The molecule has 0 fully saturated rings. The molecule has 0 aromatic rings. The van der Waals surface area contributed by atoms with Crippen LogP contribution in [0.25, 0.3) is 0 Å². The van der Waals surface area contributed by atoms with E-state index >= 15 is 0 Å². The van der Waals surface area contributed by atoms with Crippen molar-refractivity contribution in [3.8, 4) is 0 Å². The standard InChI is InChI=1S/C41H81NO3/c1-3-5-7-9-11-13-14-15-16-17-18-19-20-21-22-23-24-25-26-27-29-30-32-34-36-40(44)39(38-43)42-41(45)37-35-33-31-28-12-10-8-6-4-2/h34,36,39-40,43-44H,3-33,35,37-38H2,1-2H3,(H,42,45)/b36-34+. The molecule has 1 amide bonds. The highest BCUT2D eigenvalue weighted by Crippen LogP contribution is 2.16. The molecule has 0 rings (SSSR count). The van der Waals surface area contributed by atoms with Crippen LogP contribution >= 0.6 is 0 Å². The Kier molecular flexibility index (Phi) is 36.9. The first-order valence-corrected chi connectivity index (χ1v) is 20.4. The second kappa shape index (κ2) is 37.6. The van der Waals surface area contributed by atoms with Gasteiger partial charge in [0.25, 0.3) is 0 Å². The van der Waals surface area contributed by atoms with E-state index in [0.29, 0.717) is 6.42 Å². The summed E-state index contributed by atoms with van der Waals surface area (Å²) in [5.41, 5.74) is 0. The van der Waals surface area contributed by atoms with Gasteiger partial charge in [0, 0.05) is 6.42 Å². The highest BCUT2D eigenvalue weighted by Gasteiger charge is 2.17. The molecule has 3 N–H and O–H groups in total. The van der Waals surface area contributed by atoms with Gasteiger partial charge in [0.15, 0.2) is 0 Å². The van der Waals surface area contributed by atoms with Crippen LogP contribution in [0, 0.1) is 0 Å². The maximum absolute atomic E-state index is 12.2. The lowest BCUT2D eigenvalue weighted by molar-refractivity contribution is -0.123. The van der Waals surface area contributed by atoms with Crippen LogP contribution in [0.4, 0.5) is 0 Å². The molecule has 4 nitrogen and oxygen atoms in total. The van der Waals surface area contributed by atoms with Crippen molar-refractivity contribution >= 4 is 5.91 Å². The Bertz CT molecular complexity index is 608. The number of hydrogen-bond donors (Lipinski definition) is 3. The largest absolute Gasteiger partial charge is 0.394 e. The van der Waals surface area contributed by atoms with Gasteiger partial charge in [-0.1, -0.05) is 212 Å². The van der Waals surface area contributed by atoms with Crippen LogP contribution in [0.2, 0.25) is 0 Å². The molecule has 0 saturated heterocycles. The molecular formula is C41H81NO3. The van der Waals surface area contributed by atoms with E-state index in [0.717, 1.165) is 25.7 Å². The molecule has 2 atom stereocenters. The molecule has 0 radical (unpaired) electrons. The van der Waals surface area contributed by atoms with Crippen molar-refractivity contribution in [1.82, 2.24) is 5.32 Å². The van der Waals surface area contributed by atoms with Gasteiger partial charge in [-0.15, -0.1) is 0 Å². The smallest absolute Gasteiger partial charge is 0.220 e. The summed E-state index contributed by atoms with van der Waals surface area (Å²) < 4.78 is 0. The maximum Gasteiger partial charge on any atom is 0.220 e. The average molecular weight is 636 g/mol. The summed E-state index contributed by atoms with van der Waals surface area (Å²) in [5, 5.41) is 22.9. The lowest BCUT2D eigenvalue weighted by Gasteiger charge is -2.20. The Balaban J connectivity index is 3.48. The van der Waals surface area contributed by atoms with Crippen LogP contribution in [0.1, 0.15) is 226 Å². The molecule has 0 aliphatic heterocycles. The zero-order valence-corrected chi connectivity index (χ0v) is 30.7. The number of amides is 1. The summed E-state index contributed by atoms with van der Waals surface area (Å²) in [4.78, 5) is 12.2. The summed E-state index contributed by atoms with van der Waals surface area (Å²) >= 11 is 0. The molecule has 0 aliphatic rings. The van der Waals surface area contributed by atoms with Crippen LogP contribution in [-0.2, 0) is 4.79 Å². The van der Waals surface area contributed by atoms with Crippen molar-refractivity contribution < 1.29 is 15.0 Å². The van der Waals surface area contributed by atoms with Crippen molar-refractivity contribution in [2.75, 3.05) is 6.61 Å². The first-order chi connectivity index (χ1) is 22.2. The summed E-state index contributed by atoms with van der Waals surface area (Å²) in [6.45, 7) is 4.29. The Morgan fingerprint density at radius 3 is 1.16 bits per heavy atom. The molecule has 2 unspecified atom stereocenters. The van der Waals surface area contributed by atoms with Crippen LogP contribution in [0.15, 0.2) is 12.2 Å². The molecule has 268 valence electrons. The predicted molar refractivity (Wildman–Crippen MR) is 198 cm³/mol. The zero-order valence-electron chi connectivity index (χ0n) is 30.7. The maximum atomic E-state index is 12.2. The lowest BCUT2D eigenvalue weighted by Crippen LogP contribution is -2.45. The molecule has 0 heterocycles. The lowest BCUT2D eigenvalue weighted by atomic mass is 10.0. The first kappa shape index (κ1) is 44.1. The van der Waals surface area contributed by atoms with E-state index < -0.39 is 12.1 Å². The van der Waals surface area contributed by atoms with Crippen LogP contribution in [0.5, 0.6) is 0 Å². The fourth-order valence-electron chi connectivity index (χ4n) is 6.35. The average Bonchev–Trinajstić information content (AvgIpc) is 3.04. The second-order valence-electron chi connectivity index (χ2n) is 14.1. The molecule has 0 aromatic carbocycles. The number of nitrogens with one attached hydrogen (secondary N) is 1. The monoisotopic (exact) mass is 636 g/mol. The molecule has 4 heteroatoms. The van der Waals surface area contributed by atoms with Crippen LogP contribution < -0.4 is 5.32 Å². The predicted octanol–water partition coefficient (Wildman–Crippen LogP) is 12.3. The molecule has 0 aromatic heterocycles. The minimum atomic E-state index is -0.832. The number of aliphatic hydroxyl groups is 2. The van der Waals surface area contributed by atoms with E-state index in [1.807, 2.05) is 6.08 Å². The molecule has 0 saturated carbocycles. The van der Waals surface area contributed by atoms with Crippen molar-refractivity contribution in [1.29, 1.82) is 0 Å². The van der Waals surface area contributed by atoms with Gasteiger partial charge in [-0.05, 0) is 19.3 Å². The van der Waals surface area contributed by atoms with Crippen molar-refractivity contribution in [3.63, 3.8) is 0 Å². The number of carbonyl (C=O) groups is 1. The van der Waals surface area contributed by atoms with Gasteiger partial charge in [0.1, 0.15) is 0 Å². The summed E-state index contributed by atoms with van der Waals surface area (Å²) in [7, 11) is 0. The molecule has 0 spiro atoms. The number of unbranched alkanes of at least 4 members (excludes halogenated alkanes) is 30. The SMILES string of the molecule is CCCCCCCCCCCCCCCCCCCCCCCC/C=C/C(O)C(CO)NC(=O)CCCCCCCCCCC. The molecule has 0 bridgehead atoms. The van der Waals surface area contributed by atoms with E-state index in [2.05, 4.69) is 19.2 Å². The van der Waals surface area contributed by atoms with Crippen LogP contribution in [0.3, 0.4) is 0 Å². The second-order valence-corrected chi connectivity index (χ2v) is 14.1. The van der Waals surface area contributed by atoms with E-state index in [4.69, 9.17) is 0 Å². The van der Waals surface area contributed by atoms with Gasteiger partial charge in [0.2, 0.25) is 5.91 Å². The van der Waals surface area contributed by atoms with E-state index in [1.165, 1.54) is 180 Å². The number of aliphatic hydroxyl groups excluding tert-OH is 2. The quantitative estimate of drug-likeness (QED) is 0.0470. The zero-order chi connectivity index (χ0) is 32.9. The minimum Gasteiger partial charge on any atom is -0.394 e. The Hall–Kier alpha value is -0.870. The number of allylic oxidation sites excluding steroid dienone is 1. The van der Waals surface area contributed by atoms with E-state index in [1.54, 1.807) is 6.08 Å². The fourth-order valence-corrected chi connectivity index (χ4v) is 6.35. The van der Waals surface area contributed by atoms with Gasteiger partial charge in [-0.2, -0.15) is 0 Å². The van der Waals surface area contributed by atoms with Crippen molar-refractivity contribution in [2.45, 2.75) is 238 Å². The normalized spacial score (nSPS) is 13.1. The van der Waals surface area contributed by atoms with E-state index in [9.17, 15) is 15.0 Å². The third kappa shape index (κ3) is 34.3. The Labute approximate surface area is 282 Å². The minimum absolute atomic E-state index is 0.0657. The van der Waals surface area contributed by atoms with E-state index in [-0.39, 0.29) is 12.5 Å². The molecular weight excluding hydrogens is 554 g/mol. The number of hydrogen-bond acceptors (Lipinski definition) is 3. The first-order valence-electron chi connectivity index (χ1n) is 20.4. The summed E-state index contributed by atoms with van der Waals surface area (Å²) in [6.07, 6.45) is 46.1. The van der Waals surface area contributed by atoms with Gasteiger partial charge in [-0.3, -0.25) is 4.79 Å². The molecule has 0 aliphatic carbocycles.